The fourth-order valence-electron chi connectivity index (χ4n) is 2.33. The van der Waals surface area contributed by atoms with Crippen molar-refractivity contribution in [2.45, 2.75) is 25.7 Å². The van der Waals surface area contributed by atoms with Gasteiger partial charge in [0.2, 0.25) is 15.8 Å². The summed E-state index contributed by atoms with van der Waals surface area (Å²) in [5.74, 6) is -1.08. The fourth-order valence-corrected chi connectivity index (χ4v) is 4.39. The highest BCUT2D eigenvalue weighted by Gasteiger charge is 2.24. The first-order valence-corrected chi connectivity index (χ1v) is 10.2. The van der Waals surface area contributed by atoms with Gasteiger partial charge in [-0.15, -0.1) is 11.3 Å². The smallest absolute Gasteiger partial charge is 0.321 e. The van der Waals surface area contributed by atoms with Crippen LogP contribution in [-0.4, -0.2) is 44.7 Å². The van der Waals surface area contributed by atoms with Crippen LogP contribution in [0.5, 0.6) is 0 Å². The maximum atomic E-state index is 12.4. The largest absolute Gasteiger partial charge is 0.456 e. The van der Waals surface area contributed by atoms with Crippen molar-refractivity contribution < 1.29 is 22.7 Å². The molecule has 0 amide bonds. The Morgan fingerprint density at radius 3 is 2.27 bits per heavy atom. The zero-order valence-corrected chi connectivity index (χ0v) is 16.7. The van der Waals surface area contributed by atoms with Gasteiger partial charge in [0.1, 0.15) is 6.54 Å². The molecule has 6 nitrogen and oxygen atoms in total. The van der Waals surface area contributed by atoms with Crippen LogP contribution >= 0.6 is 11.3 Å². The number of hydrogen-bond donors (Lipinski definition) is 0. The number of carbonyl (C=O) groups is 2. The Morgan fingerprint density at radius 1 is 1.12 bits per heavy atom. The zero-order valence-electron chi connectivity index (χ0n) is 15.1. The van der Waals surface area contributed by atoms with Gasteiger partial charge in [-0.1, -0.05) is 17.7 Å². The molecule has 1 aromatic carbocycles. The quantitative estimate of drug-likeness (QED) is 0.532. The van der Waals surface area contributed by atoms with Gasteiger partial charge in [0.25, 0.3) is 0 Å². The van der Waals surface area contributed by atoms with E-state index < -0.39 is 29.1 Å². The molecule has 26 heavy (non-hydrogen) atoms. The van der Waals surface area contributed by atoms with Crippen molar-refractivity contribution in [2.24, 2.45) is 0 Å². The molecular weight excluding hydrogens is 374 g/mol. The van der Waals surface area contributed by atoms with E-state index in [0.29, 0.717) is 5.56 Å². The van der Waals surface area contributed by atoms with Gasteiger partial charge in [0, 0.05) is 22.4 Å². The van der Waals surface area contributed by atoms with Gasteiger partial charge in [0.15, 0.2) is 6.61 Å². The van der Waals surface area contributed by atoms with Crippen molar-refractivity contribution in [1.29, 1.82) is 0 Å². The monoisotopic (exact) mass is 395 g/mol. The van der Waals surface area contributed by atoms with Crippen molar-refractivity contribution in [3.63, 3.8) is 0 Å². The van der Waals surface area contributed by atoms with E-state index in [-0.39, 0.29) is 10.7 Å². The van der Waals surface area contributed by atoms with Gasteiger partial charge >= 0.3 is 5.97 Å². The number of carbonyl (C=O) groups excluding carboxylic acids is 2. The van der Waals surface area contributed by atoms with Gasteiger partial charge in [-0.2, -0.15) is 4.31 Å². The normalized spacial score (nSPS) is 11.6. The van der Waals surface area contributed by atoms with Crippen molar-refractivity contribution in [3.05, 3.63) is 51.2 Å². The molecule has 1 heterocycles. The molecule has 0 aliphatic rings. The first-order chi connectivity index (χ1) is 12.1. The van der Waals surface area contributed by atoms with Gasteiger partial charge in [-0.25, -0.2) is 8.42 Å². The van der Waals surface area contributed by atoms with Crippen LogP contribution in [-0.2, 0) is 19.6 Å². The summed E-state index contributed by atoms with van der Waals surface area (Å²) in [6.07, 6.45) is 0. The van der Waals surface area contributed by atoms with Crippen LogP contribution in [0, 0.1) is 20.8 Å². The summed E-state index contributed by atoms with van der Waals surface area (Å²) in [5, 5.41) is 0. The molecule has 0 saturated heterocycles. The summed E-state index contributed by atoms with van der Waals surface area (Å²) < 4.78 is 30.7. The van der Waals surface area contributed by atoms with E-state index in [1.807, 2.05) is 20.8 Å². The summed E-state index contributed by atoms with van der Waals surface area (Å²) in [6.45, 7) is 4.70. The number of rotatable bonds is 7. The molecule has 0 atom stereocenters. The van der Waals surface area contributed by atoms with Crippen LogP contribution < -0.4 is 0 Å². The number of ketones is 1. The van der Waals surface area contributed by atoms with Crippen molar-refractivity contribution in [1.82, 2.24) is 4.31 Å². The number of benzene rings is 1. The van der Waals surface area contributed by atoms with Gasteiger partial charge in [0.05, 0.1) is 4.90 Å². The van der Waals surface area contributed by atoms with Crippen molar-refractivity contribution in [3.8, 4) is 0 Å². The summed E-state index contributed by atoms with van der Waals surface area (Å²) in [7, 11) is -2.50. The predicted octanol–water partition coefficient (Wildman–Crippen LogP) is 2.72. The molecule has 0 bridgehead atoms. The summed E-state index contributed by atoms with van der Waals surface area (Å²) in [6, 6.07) is 8.09. The SMILES string of the molecule is Cc1ccc(S(=O)(=O)N(C)CC(=O)OCC(=O)c2cc(C)sc2C)cc1. The summed E-state index contributed by atoms with van der Waals surface area (Å²) in [4.78, 5) is 26.0. The third-order valence-corrected chi connectivity index (χ3v) is 6.57. The van der Waals surface area contributed by atoms with Gasteiger partial charge in [-0.3, -0.25) is 9.59 Å². The standard InChI is InChI=1S/C18H21NO5S2/c1-12-5-7-15(8-6-12)26(22,23)19(4)10-18(21)24-11-17(20)16-9-13(2)25-14(16)3/h5-9H,10-11H2,1-4H3. The number of sulfonamides is 1. The molecule has 0 aliphatic heterocycles. The van der Waals surface area contributed by atoms with E-state index in [9.17, 15) is 18.0 Å². The second kappa shape index (κ2) is 8.11. The van der Waals surface area contributed by atoms with Crippen LogP contribution in [0.4, 0.5) is 0 Å². The Bertz CT molecular complexity index is 914. The number of Topliss-reactive ketones (excluding diaryl/α,β-unsaturated/α-hetero) is 1. The molecule has 8 heteroatoms. The molecule has 0 N–H and O–H groups in total. The molecule has 0 unspecified atom stereocenters. The Labute approximate surface area is 157 Å². The minimum Gasteiger partial charge on any atom is -0.456 e. The lowest BCUT2D eigenvalue weighted by atomic mass is 10.2. The number of likely N-dealkylation sites (N-methyl/N-ethyl adjacent to an activating group) is 1. The Kier molecular flexibility index (Phi) is 6.33. The number of esters is 1. The number of hydrogen-bond acceptors (Lipinski definition) is 6. The molecule has 0 aliphatic carbocycles. The highest BCUT2D eigenvalue weighted by Crippen LogP contribution is 2.21. The maximum absolute atomic E-state index is 12.4. The van der Waals surface area contributed by atoms with Crippen LogP contribution in [0.2, 0.25) is 0 Å². The van der Waals surface area contributed by atoms with Crippen LogP contribution in [0.3, 0.4) is 0 Å². The van der Waals surface area contributed by atoms with E-state index >= 15 is 0 Å². The molecule has 0 fully saturated rings. The number of aryl methyl sites for hydroxylation is 3. The van der Waals surface area contributed by atoms with Gasteiger partial charge in [-0.05, 0) is 39.0 Å². The van der Waals surface area contributed by atoms with E-state index in [1.54, 1.807) is 18.2 Å². The Morgan fingerprint density at radius 2 is 1.73 bits per heavy atom. The lowest BCUT2D eigenvalue weighted by molar-refractivity contribution is -0.142. The summed E-state index contributed by atoms with van der Waals surface area (Å²) in [5.41, 5.74) is 1.46. The van der Waals surface area contributed by atoms with Crippen molar-refractivity contribution in [2.75, 3.05) is 20.2 Å². The first kappa shape index (κ1) is 20.3. The second-order valence-corrected chi connectivity index (χ2v) is 9.49. The third-order valence-electron chi connectivity index (χ3n) is 3.79. The average Bonchev–Trinajstić information content (AvgIpc) is 2.91. The highest BCUT2D eigenvalue weighted by molar-refractivity contribution is 7.89. The topological polar surface area (TPSA) is 80.8 Å². The molecular formula is C18H21NO5S2. The first-order valence-electron chi connectivity index (χ1n) is 7.90. The summed E-state index contributed by atoms with van der Waals surface area (Å²) >= 11 is 1.50. The van der Waals surface area contributed by atoms with Crippen LogP contribution in [0.15, 0.2) is 35.2 Å². The minimum absolute atomic E-state index is 0.0962. The maximum Gasteiger partial charge on any atom is 0.321 e. The Hall–Kier alpha value is -2.03. The van der Waals surface area contributed by atoms with Crippen molar-refractivity contribution >= 4 is 33.1 Å². The molecule has 0 spiro atoms. The molecule has 1 aromatic heterocycles. The molecule has 0 saturated carbocycles. The van der Waals surface area contributed by atoms with E-state index in [1.165, 1.54) is 30.5 Å². The van der Waals surface area contributed by atoms with Crippen LogP contribution in [0.1, 0.15) is 25.7 Å². The number of thiophene rings is 1. The molecule has 2 aromatic rings. The zero-order chi connectivity index (χ0) is 19.5. The lowest BCUT2D eigenvalue weighted by Gasteiger charge is -2.16. The van der Waals surface area contributed by atoms with E-state index in [0.717, 1.165) is 19.6 Å². The average molecular weight is 396 g/mol. The minimum atomic E-state index is -3.80. The van der Waals surface area contributed by atoms with E-state index in [2.05, 4.69) is 0 Å². The lowest BCUT2D eigenvalue weighted by Crippen LogP contribution is -2.33. The highest BCUT2D eigenvalue weighted by atomic mass is 32.2. The third kappa shape index (κ3) is 4.78. The Balaban J connectivity index is 1.95. The molecule has 2 rings (SSSR count). The predicted molar refractivity (Wildman–Crippen MR) is 100 cm³/mol. The number of ether oxygens (including phenoxy) is 1. The van der Waals surface area contributed by atoms with Crippen LogP contribution in [0.25, 0.3) is 0 Å². The second-order valence-electron chi connectivity index (χ2n) is 5.98. The number of nitrogens with zero attached hydrogens (tertiary/aromatic N) is 1. The fraction of sp³-hybridized carbons (Fsp3) is 0.333. The molecule has 0 radical (unpaired) electrons. The molecule has 140 valence electrons. The van der Waals surface area contributed by atoms with Gasteiger partial charge < -0.3 is 4.74 Å². The van der Waals surface area contributed by atoms with E-state index in [4.69, 9.17) is 4.74 Å².